The molecule has 1 saturated carbocycles. The summed E-state index contributed by atoms with van der Waals surface area (Å²) in [6.07, 6.45) is 4.16. The van der Waals surface area contributed by atoms with Gasteiger partial charge in [-0.15, -0.1) is 5.10 Å². The quantitative estimate of drug-likeness (QED) is 0.696. The van der Waals surface area contributed by atoms with Gasteiger partial charge in [-0.05, 0) is 45.7 Å². The predicted molar refractivity (Wildman–Crippen MR) is 113 cm³/mol. The van der Waals surface area contributed by atoms with Gasteiger partial charge in [-0.3, -0.25) is 9.59 Å². The Morgan fingerprint density at radius 1 is 1.06 bits per heavy atom. The van der Waals surface area contributed by atoms with Crippen molar-refractivity contribution >= 4 is 23.9 Å². The minimum Gasteiger partial charge on any atom is -0.444 e. The summed E-state index contributed by atoms with van der Waals surface area (Å²) in [6.45, 7) is 5.36. The topological polar surface area (TPSA) is 133 Å². The zero-order valence-corrected chi connectivity index (χ0v) is 18.6. The smallest absolute Gasteiger partial charge is 0.407 e. The molecule has 2 heterocycles. The van der Waals surface area contributed by atoms with Gasteiger partial charge in [0.2, 0.25) is 0 Å². The Morgan fingerprint density at radius 2 is 1.70 bits per heavy atom. The molecule has 2 aliphatic rings. The van der Waals surface area contributed by atoms with Crippen LogP contribution in [0.25, 0.3) is 0 Å². The molecule has 3 amide bonds. The lowest BCUT2D eigenvalue weighted by molar-refractivity contribution is -0.0588. The molecule has 2 aromatic rings. The Balaban J connectivity index is 1.44. The molecule has 2 atom stereocenters. The summed E-state index contributed by atoms with van der Waals surface area (Å²) in [5.74, 6) is -2.42. The highest BCUT2D eigenvalue weighted by Crippen LogP contribution is 2.29. The Kier molecular flexibility index (Phi) is 5.88. The van der Waals surface area contributed by atoms with Gasteiger partial charge in [0.15, 0.2) is 5.69 Å². The molecule has 33 heavy (non-hydrogen) atoms. The van der Waals surface area contributed by atoms with Crippen molar-refractivity contribution in [1.82, 2.24) is 25.4 Å². The number of fused-ring (bicyclic) bond motifs is 1. The van der Waals surface area contributed by atoms with Crippen molar-refractivity contribution in [3.8, 4) is 0 Å². The molecule has 11 heteroatoms. The monoisotopic (exact) mass is 455 g/mol. The minimum absolute atomic E-state index is 0.159. The van der Waals surface area contributed by atoms with Gasteiger partial charge in [0.1, 0.15) is 5.60 Å². The van der Waals surface area contributed by atoms with Gasteiger partial charge >= 0.3 is 12.1 Å². The number of hydrogen-bond acceptors (Lipinski definition) is 8. The number of rotatable bonds is 4. The molecule has 1 aliphatic carbocycles. The number of nitrogens with one attached hydrogen (secondary N) is 1. The zero-order valence-electron chi connectivity index (χ0n) is 18.6. The third-order valence-corrected chi connectivity index (χ3v) is 5.42. The fourth-order valence-corrected chi connectivity index (χ4v) is 3.97. The SMILES string of the molecule is CC(C)(C)OC(=O)N[C@H]1CCCC[C@H]1n1cc(C(=O)ON2C(=O)c3ccccc3C2=O)nn1. The second-order valence-corrected chi connectivity index (χ2v) is 9.02. The van der Waals surface area contributed by atoms with Gasteiger partial charge in [0, 0.05) is 0 Å². The van der Waals surface area contributed by atoms with Crippen LogP contribution in [0, 0.1) is 0 Å². The minimum atomic E-state index is -0.983. The van der Waals surface area contributed by atoms with Crippen LogP contribution in [0.3, 0.4) is 0 Å². The number of hydrogen-bond donors (Lipinski definition) is 1. The highest BCUT2D eigenvalue weighted by Gasteiger charge is 2.39. The molecule has 0 saturated heterocycles. The third kappa shape index (κ3) is 4.71. The highest BCUT2D eigenvalue weighted by molar-refractivity contribution is 6.21. The van der Waals surface area contributed by atoms with E-state index in [0.717, 1.165) is 25.7 Å². The van der Waals surface area contributed by atoms with Crippen molar-refractivity contribution in [2.75, 3.05) is 0 Å². The normalized spacial score (nSPS) is 20.4. The van der Waals surface area contributed by atoms with E-state index in [1.165, 1.54) is 23.0 Å². The first-order valence-electron chi connectivity index (χ1n) is 10.8. The van der Waals surface area contributed by atoms with Gasteiger partial charge in [-0.2, -0.15) is 0 Å². The standard InChI is InChI=1S/C22H25N5O6/c1-22(2,3)32-21(31)23-15-10-6-7-11-17(15)26-12-16(24-25-26)20(30)33-27-18(28)13-8-4-5-9-14(13)19(27)29/h4-5,8-9,12,15,17H,6-7,10-11H2,1-3H3,(H,23,31)/t15-,17+/m0/s1. The average Bonchev–Trinajstić information content (AvgIpc) is 3.33. The molecule has 1 N–H and O–H groups in total. The number of alkyl carbamates (subject to hydrolysis) is 1. The first-order chi connectivity index (χ1) is 15.6. The molecule has 0 bridgehead atoms. The van der Waals surface area contributed by atoms with Gasteiger partial charge < -0.3 is 14.9 Å². The number of hydroxylamine groups is 2. The van der Waals surface area contributed by atoms with E-state index in [-0.39, 0.29) is 28.9 Å². The Labute approximate surface area is 190 Å². The molecule has 1 aliphatic heterocycles. The molecule has 0 spiro atoms. The summed E-state index contributed by atoms with van der Waals surface area (Å²) >= 11 is 0. The van der Waals surface area contributed by atoms with E-state index in [1.807, 2.05) is 0 Å². The van der Waals surface area contributed by atoms with Crippen LogP contribution < -0.4 is 5.32 Å². The van der Waals surface area contributed by atoms with E-state index in [9.17, 15) is 19.2 Å². The molecule has 1 fully saturated rings. The second-order valence-electron chi connectivity index (χ2n) is 9.02. The number of ether oxygens (including phenoxy) is 1. The van der Waals surface area contributed by atoms with Crippen molar-refractivity contribution in [2.45, 2.75) is 64.1 Å². The maximum atomic E-state index is 12.6. The van der Waals surface area contributed by atoms with Gasteiger partial charge in [0.25, 0.3) is 11.8 Å². The number of benzene rings is 1. The molecular weight excluding hydrogens is 430 g/mol. The number of aromatic nitrogens is 3. The van der Waals surface area contributed by atoms with Gasteiger partial charge in [-0.1, -0.05) is 35.3 Å². The maximum Gasteiger partial charge on any atom is 0.407 e. The summed E-state index contributed by atoms with van der Waals surface area (Å²) in [5, 5.41) is 11.2. The largest absolute Gasteiger partial charge is 0.444 e. The van der Waals surface area contributed by atoms with E-state index in [2.05, 4.69) is 15.6 Å². The number of carbonyl (C=O) groups is 4. The summed E-state index contributed by atoms with van der Waals surface area (Å²) in [4.78, 5) is 54.7. The Hall–Kier alpha value is -3.76. The van der Waals surface area contributed by atoms with Crippen LogP contribution in [0.15, 0.2) is 30.5 Å². The molecular formula is C22H25N5O6. The molecule has 11 nitrogen and oxygen atoms in total. The van der Waals surface area contributed by atoms with E-state index in [1.54, 1.807) is 32.9 Å². The van der Waals surface area contributed by atoms with Crippen LogP contribution in [0.5, 0.6) is 0 Å². The summed E-state index contributed by atoms with van der Waals surface area (Å²) in [6, 6.07) is 5.72. The second kappa shape index (κ2) is 8.64. The van der Waals surface area contributed by atoms with Crippen LogP contribution in [0.1, 0.15) is 83.7 Å². The third-order valence-electron chi connectivity index (χ3n) is 5.42. The van der Waals surface area contributed by atoms with E-state index >= 15 is 0 Å². The maximum absolute atomic E-state index is 12.6. The Morgan fingerprint density at radius 3 is 2.33 bits per heavy atom. The zero-order chi connectivity index (χ0) is 23.8. The number of carbonyl (C=O) groups excluding carboxylic acids is 4. The summed E-state index contributed by atoms with van der Waals surface area (Å²) in [7, 11) is 0. The average molecular weight is 455 g/mol. The van der Waals surface area contributed by atoms with E-state index in [4.69, 9.17) is 9.57 Å². The van der Waals surface area contributed by atoms with Crippen molar-refractivity contribution in [3.63, 3.8) is 0 Å². The van der Waals surface area contributed by atoms with Crippen LogP contribution in [0.2, 0.25) is 0 Å². The molecule has 0 radical (unpaired) electrons. The van der Waals surface area contributed by atoms with Crippen molar-refractivity contribution in [3.05, 3.63) is 47.3 Å². The fraction of sp³-hybridized carbons (Fsp3) is 0.455. The number of nitrogens with zero attached hydrogens (tertiary/aromatic N) is 4. The van der Waals surface area contributed by atoms with E-state index < -0.39 is 29.5 Å². The highest BCUT2D eigenvalue weighted by atomic mass is 16.7. The lowest BCUT2D eigenvalue weighted by Gasteiger charge is -2.32. The molecule has 1 aromatic carbocycles. The summed E-state index contributed by atoms with van der Waals surface area (Å²) < 4.78 is 6.85. The predicted octanol–water partition coefficient (Wildman–Crippen LogP) is 2.65. The summed E-state index contributed by atoms with van der Waals surface area (Å²) in [5.41, 5.74) is -0.453. The lowest BCUT2D eigenvalue weighted by Crippen LogP contribution is -2.45. The van der Waals surface area contributed by atoms with Crippen LogP contribution in [-0.2, 0) is 9.57 Å². The lowest BCUT2D eigenvalue weighted by atomic mass is 9.90. The first-order valence-corrected chi connectivity index (χ1v) is 10.8. The van der Waals surface area contributed by atoms with Gasteiger partial charge in [0.05, 0.1) is 29.4 Å². The number of amides is 3. The molecule has 0 unspecified atom stereocenters. The molecule has 174 valence electrons. The molecule has 4 rings (SSSR count). The van der Waals surface area contributed by atoms with Crippen LogP contribution >= 0.6 is 0 Å². The van der Waals surface area contributed by atoms with E-state index in [0.29, 0.717) is 5.06 Å². The molecule has 1 aromatic heterocycles. The van der Waals surface area contributed by atoms with Crippen molar-refractivity contribution in [2.24, 2.45) is 0 Å². The fourth-order valence-electron chi connectivity index (χ4n) is 3.97. The van der Waals surface area contributed by atoms with Crippen molar-refractivity contribution < 1.29 is 28.8 Å². The van der Waals surface area contributed by atoms with Crippen LogP contribution in [-0.4, -0.2) is 55.6 Å². The van der Waals surface area contributed by atoms with Crippen LogP contribution in [0.4, 0.5) is 4.79 Å². The first kappa shape index (κ1) is 22.4. The Bertz CT molecular complexity index is 1070. The van der Waals surface area contributed by atoms with Gasteiger partial charge in [-0.25, -0.2) is 14.3 Å². The number of imide groups is 1. The van der Waals surface area contributed by atoms with Crippen molar-refractivity contribution in [1.29, 1.82) is 0 Å².